The van der Waals surface area contributed by atoms with E-state index in [1.807, 2.05) is 20.8 Å². The second-order valence-electron chi connectivity index (χ2n) is 12.1. The molecule has 10 heteroatoms. The van der Waals surface area contributed by atoms with Crippen LogP contribution in [0, 0.1) is 28.5 Å². The number of halogens is 1. The predicted octanol–water partition coefficient (Wildman–Crippen LogP) is 3.86. The normalized spacial score (nSPS) is 28.9. The van der Waals surface area contributed by atoms with Gasteiger partial charge in [-0.25, -0.2) is 9.37 Å². The van der Waals surface area contributed by atoms with Crippen LogP contribution >= 0.6 is 11.3 Å². The van der Waals surface area contributed by atoms with Crippen LogP contribution in [0.4, 0.5) is 9.52 Å². The highest BCUT2D eigenvalue weighted by atomic mass is 32.1. The first-order valence-corrected chi connectivity index (χ1v) is 14.5. The van der Waals surface area contributed by atoms with Gasteiger partial charge in [0, 0.05) is 28.2 Å². The predicted molar refractivity (Wildman–Crippen MR) is 148 cm³/mol. The van der Waals surface area contributed by atoms with Gasteiger partial charge >= 0.3 is 0 Å². The van der Waals surface area contributed by atoms with Gasteiger partial charge in [-0.15, -0.1) is 11.3 Å². The Hall–Kier alpha value is -2.40. The summed E-state index contributed by atoms with van der Waals surface area (Å²) in [6.45, 7) is 7.74. The lowest BCUT2D eigenvalue weighted by Crippen LogP contribution is -2.58. The maximum atomic E-state index is 13.7. The second-order valence-corrected chi connectivity index (χ2v) is 13.2. The molecule has 6 atom stereocenters. The van der Waals surface area contributed by atoms with Gasteiger partial charge in [0.25, 0.3) is 5.91 Å². The molecule has 6 unspecified atom stereocenters. The highest BCUT2D eigenvalue weighted by Gasteiger charge is 2.59. The fourth-order valence-electron chi connectivity index (χ4n) is 6.72. The number of aliphatic hydroxyl groups is 3. The molecule has 214 valence electrons. The number of aromatic nitrogens is 1. The first-order valence-electron chi connectivity index (χ1n) is 13.7. The van der Waals surface area contributed by atoms with Crippen LogP contribution in [0.1, 0.15) is 80.2 Å². The number of nitrogens with zero attached hydrogens (tertiary/aromatic N) is 1. The Kier molecular flexibility index (Phi) is 8.80. The molecular weight excluding hydrogens is 521 g/mol. The molecule has 4 rings (SSSR count). The zero-order valence-corrected chi connectivity index (χ0v) is 23.9. The molecule has 39 heavy (non-hydrogen) atoms. The Morgan fingerprint density at radius 1 is 1.26 bits per heavy atom. The van der Waals surface area contributed by atoms with Crippen molar-refractivity contribution in [3.8, 4) is 0 Å². The summed E-state index contributed by atoms with van der Waals surface area (Å²) in [5, 5.41) is 37.3. The van der Waals surface area contributed by atoms with Crippen molar-refractivity contribution in [2.75, 3.05) is 18.5 Å². The molecule has 8 nitrogen and oxygen atoms in total. The number of hydrogen-bond donors (Lipinski definition) is 5. The van der Waals surface area contributed by atoms with E-state index in [-0.39, 0.29) is 49.0 Å². The lowest BCUT2D eigenvalue weighted by Gasteiger charge is -2.58. The average molecular weight is 562 g/mol. The van der Waals surface area contributed by atoms with E-state index in [4.69, 9.17) is 4.98 Å². The van der Waals surface area contributed by atoms with Crippen LogP contribution in [0.15, 0.2) is 24.3 Å². The Bertz CT molecular complexity index is 1210. The first kappa shape index (κ1) is 29.6. The summed E-state index contributed by atoms with van der Waals surface area (Å²) >= 11 is 1.32. The van der Waals surface area contributed by atoms with E-state index in [1.165, 1.54) is 29.5 Å². The lowest BCUT2D eigenvalue weighted by atomic mass is 9.47. The molecular formula is C29H40FN3O5S. The van der Waals surface area contributed by atoms with Crippen LogP contribution in [0.2, 0.25) is 0 Å². The number of fused-ring (bicyclic) bond motifs is 2. The number of rotatable bonds is 9. The summed E-state index contributed by atoms with van der Waals surface area (Å²) in [6, 6.07) is 5.08. The number of hydrogen-bond acceptors (Lipinski definition) is 7. The van der Waals surface area contributed by atoms with Gasteiger partial charge in [0.05, 0.1) is 31.1 Å². The third kappa shape index (κ3) is 5.89. The van der Waals surface area contributed by atoms with Crippen LogP contribution in [0.5, 0.6) is 0 Å². The smallest absolute Gasteiger partial charge is 0.257 e. The van der Waals surface area contributed by atoms with Crippen molar-refractivity contribution in [1.29, 1.82) is 0 Å². The maximum absolute atomic E-state index is 13.7. The van der Waals surface area contributed by atoms with Gasteiger partial charge in [0.2, 0.25) is 5.91 Å². The zero-order valence-electron chi connectivity index (χ0n) is 23.0. The highest BCUT2D eigenvalue weighted by molar-refractivity contribution is 7.15. The van der Waals surface area contributed by atoms with Crippen molar-refractivity contribution in [1.82, 2.24) is 10.3 Å². The molecule has 0 spiro atoms. The number of thiazole rings is 1. The zero-order chi connectivity index (χ0) is 28.5. The number of benzene rings is 1. The van der Waals surface area contributed by atoms with E-state index in [0.717, 1.165) is 16.6 Å². The fourth-order valence-corrected chi connectivity index (χ4v) is 7.78. The highest BCUT2D eigenvalue weighted by Crippen LogP contribution is 2.62. The minimum absolute atomic E-state index is 0.124. The van der Waals surface area contributed by atoms with Gasteiger partial charge in [0.1, 0.15) is 5.82 Å². The lowest BCUT2D eigenvalue weighted by molar-refractivity contribution is -0.144. The maximum Gasteiger partial charge on any atom is 0.257 e. The molecule has 1 saturated carbocycles. The standard InChI is InChI=1S/C29H40FN3O5S/c1-16(2)10-19(14-34)31-24(37)12-20-25-21(13-22-28(20,3)9-8-23(36)29(22,4)15-35)39-27(32-25)33-26(38)17-6-5-7-18(30)11-17/h5-7,11,16,19-20,22-23,34-36H,8-10,12-15H2,1-4H3,(H,31,37)(H,32,33,38). The molecule has 2 aliphatic carbocycles. The van der Waals surface area contributed by atoms with E-state index in [1.54, 1.807) is 0 Å². The van der Waals surface area contributed by atoms with Gasteiger partial charge in [-0.2, -0.15) is 0 Å². The number of carbonyl (C=O) groups excluding carboxylic acids is 2. The minimum Gasteiger partial charge on any atom is -0.396 e. The Morgan fingerprint density at radius 2 is 2.00 bits per heavy atom. The molecule has 2 aromatic rings. The summed E-state index contributed by atoms with van der Waals surface area (Å²) in [4.78, 5) is 31.8. The van der Waals surface area contributed by atoms with E-state index >= 15 is 0 Å². The van der Waals surface area contributed by atoms with Crippen LogP contribution in [-0.4, -0.2) is 57.5 Å². The third-order valence-electron chi connectivity index (χ3n) is 8.93. The molecule has 0 radical (unpaired) electrons. The number of amides is 2. The molecule has 0 bridgehead atoms. The summed E-state index contributed by atoms with van der Waals surface area (Å²) in [5.41, 5.74) is -0.286. The van der Waals surface area contributed by atoms with Crippen molar-refractivity contribution in [3.63, 3.8) is 0 Å². The van der Waals surface area contributed by atoms with E-state index in [2.05, 4.69) is 17.6 Å². The van der Waals surface area contributed by atoms with Gasteiger partial charge in [-0.3, -0.25) is 14.9 Å². The molecule has 5 N–H and O–H groups in total. The first-order chi connectivity index (χ1) is 18.4. The minimum atomic E-state index is -0.764. The molecule has 1 heterocycles. The van der Waals surface area contributed by atoms with Crippen LogP contribution < -0.4 is 10.6 Å². The van der Waals surface area contributed by atoms with Crippen LogP contribution in [-0.2, 0) is 11.2 Å². The SMILES string of the molecule is CC(C)CC(CO)NC(=O)CC1c2nc(NC(=O)c3cccc(F)c3)sc2CC2C(C)(CO)C(O)CCC12C. The second kappa shape index (κ2) is 11.6. The third-order valence-corrected chi connectivity index (χ3v) is 9.94. The molecule has 2 amide bonds. The van der Waals surface area contributed by atoms with Gasteiger partial charge < -0.3 is 20.6 Å². The van der Waals surface area contributed by atoms with Crippen molar-refractivity contribution in [2.24, 2.45) is 22.7 Å². The summed E-state index contributed by atoms with van der Waals surface area (Å²) in [5.74, 6) is -1.32. The van der Waals surface area contributed by atoms with Crippen molar-refractivity contribution < 1.29 is 29.3 Å². The van der Waals surface area contributed by atoms with E-state index in [0.29, 0.717) is 36.7 Å². The van der Waals surface area contributed by atoms with E-state index < -0.39 is 28.7 Å². The molecule has 2 aliphatic rings. The van der Waals surface area contributed by atoms with Gasteiger partial charge in [-0.05, 0) is 61.1 Å². The summed E-state index contributed by atoms with van der Waals surface area (Å²) < 4.78 is 13.7. The Labute approximate surface area is 233 Å². The topological polar surface area (TPSA) is 132 Å². The molecule has 1 aromatic heterocycles. The van der Waals surface area contributed by atoms with Crippen LogP contribution in [0.25, 0.3) is 0 Å². The number of nitrogens with one attached hydrogen (secondary N) is 2. The van der Waals surface area contributed by atoms with Crippen molar-refractivity contribution >= 4 is 28.3 Å². The summed E-state index contributed by atoms with van der Waals surface area (Å²) in [7, 11) is 0. The molecule has 0 saturated heterocycles. The van der Waals surface area contributed by atoms with Crippen LogP contribution in [0.3, 0.4) is 0 Å². The Morgan fingerprint density at radius 3 is 2.64 bits per heavy atom. The van der Waals surface area contributed by atoms with E-state index in [9.17, 15) is 29.3 Å². The summed E-state index contributed by atoms with van der Waals surface area (Å²) in [6.07, 6.45) is 1.81. The molecule has 0 aliphatic heterocycles. The number of aliphatic hydroxyl groups excluding tert-OH is 3. The van der Waals surface area contributed by atoms with Gasteiger partial charge in [0.15, 0.2) is 5.13 Å². The quantitative estimate of drug-likeness (QED) is 0.316. The average Bonchev–Trinajstić information content (AvgIpc) is 3.29. The Balaban J connectivity index is 1.68. The monoisotopic (exact) mass is 561 g/mol. The van der Waals surface area contributed by atoms with Crippen molar-refractivity contribution in [3.05, 3.63) is 46.2 Å². The molecule has 1 aromatic carbocycles. The van der Waals surface area contributed by atoms with Crippen molar-refractivity contribution in [2.45, 2.75) is 77.9 Å². The van der Waals surface area contributed by atoms with Gasteiger partial charge in [-0.1, -0.05) is 33.8 Å². The fraction of sp³-hybridized carbons (Fsp3) is 0.621. The number of carbonyl (C=O) groups is 2. The number of anilines is 1. The largest absolute Gasteiger partial charge is 0.396 e. The molecule has 1 fully saturated rings.